The fraction of sp³-hybridized carbons (Fsp3) is 0.286. The molecule has 2 aromatic carbocycles. The number of amides is 1. The van der Waals surface area contributed by atoms with Crippen LogP contribution >= 0.6 is 0 Å². The summed E-state index contributed by atoms with van der Waals surface area (Å²) in [6, 6.07) is 13.0. The van der Waals surface area contributed by atoms with Gasteiger partial charge in [-0.2, -0.15) is 0 Å². The molecule has 0 fully saturated rings. The molecule has 26 heavy (non-hydrogen) atoms. The molecule has 1 heterocycles. The molecule has 0 spiro atoms. The van der Waals surface area contributed by atoms with E-state index < -0.39 is 6.09 Å². The molecule has 0 bridgehead atoms. The maximum absolute atomic E-state index is 12.0. The maximum atomic E-state index is 12.0. The Bertz CT molecular complexity index is 809. The summed E-state index contributed by atoms with van der Waals surface area (Å²) in [5, 5.41) is 2.74. The summed E-state index contributed by atoms with van der Waals surface area (Å²) in [6.45, 7) is 6.75. The number of hydrogen-bond acceptors (Lipinski definition) is 4. The van der Waals surface area contributed by atoms with E-state index in [2.05, 4.69) is 5.32 Å². The third kappa shape index (κ3) is 4.57. The van der Waals surface area contributed by atoms with E-state index in [1.807, 2.05) is 69.3 Å². The van der Waals surface area contributed by atoms with Crippen LogP contribution in [0.15, 0.2) is 48.5 Å². The number of ether oxygens (including phenoxy) is 3. The average Bonchev–Trinajstić information content (AvgIpc) is 2.61. The molecule has 0 saturated heterocycles. The smallest absolute Gasteiger partial charge is 0.411 e. The van der Waals surface area contributed by atoms with Crippen LogP contribution in [-0.4, -0.2) is 18.3 Å². The Kier molecular flexibility index (Phi) is 5.16. The zero-order valence-electron chi connectivity index (χ0n) is 15.2. The van der Waals surface area contributed by atoms with Gasteiger partial charge in [-0.25, -0.2) is 4.79 Å². The first-order valence-corrected chi connectivity index (χ1v) is 8.63. The van der Waals surface area contributed by atoms with Crippen LogP contribution in [0.1, 0.15) is 31.9 Å². The van der Waals surface area contributed by atoms with Crippen LogP contribution in [0.4, 0.5) is 10.5 Å². The summed E-state index contributed by atoms with van der Waals surface area (Å²) in [5.41, 5.74) is 2.16. The molecule has 1 N–H and O–H groups in total. The van der Waals surface area contributed by atoms with Gasteiger partial charge in [-0.15, -0.1) is 0 Å². The van der Waals surface area contributed by atoms with Gasteiger partial charge in [-0.3, -0.25) is 5.32 Å². The molecule has 0 aliphatic carbocycles. The summed E-state index contributed by atoms with van der Waals surface area (Å²) in [5.74, 6) is 1.60. The van der Waals surface area contributed by atoms with Crippen LogP contribution in [0.3, 0.4) is 0 Å². The average molecular weight is 353 g/mol. The predicted molar refractivity (Wildman–Crippen MR) is 102 cm³/mol. The predicted octanol–water partition coefficient (Wildman–Crippen LogP) is 5.02. The van der Waals surface area contributed by atoms with Gasteiger partial charge < -0.3 is 14.2 Å². The normalized spacial score (nSPS) is 14.1. The van der Waals surface area contributed by atoms with Crippen molar-refractivity contribution in [3.05, 3.63) is 59.7 Å². The van der Waals surface area contributed by atoms with Gasteiger partial charge in [0.15, 0.2) is 0 Å². The first kappa shape index (κ1) is 17.9. The van der Waals surface area contributed by atoms with Crippen LogP contribution in [-0.2, 0) is 11.3 Å². The Morgan fingerprint density at radius 3 is 2.65 bits per heavy atom. The maximum Gasteiger partial charge on any atom is 0.411 e. The Labute approximate surface area is 153 Å². The lowest BCUT2D eigenvalue weighted by Crippen LogP contribution is -2.27. The molecule has 136 valence electrons. The van der Waals surface area contributed by atoms with Gasteiger partial charge in [-0.1, -0.05) is 18.2 Å². The third-order valence-electron chi connectivity index (χ3n) is 3.90. The van der Waals surface area contributed by atoms with Crippen LogP contribution in [0.25, 0.3) is 6.08 Å². The molecule has 2 aromatic rings. The molecule has 0 radical (unpaired) electrons. The summed E-state index contributed by atoms with van der Waals surface area (Å²) in [6.07, 6.45) is 3.48. The van der Waals surface area contributed by atoms with Gasteiger partial charge >= 0.3 is 6.09 Å². The second-order valence-corrected chi connectivity index (χ2v) is 6.57. The van der Waals surface area contributed by atoms with Crippen molar-refractivity contribution in [2.45, 2.75) is 33.0 Å². The number of carbonyl (C=O) groups is 1. The van der Waals surface area contributed by atoms with Crippen LogP contribution in [0.5, 0.6) is 11.5 Å². The highest BCUT2D eigenvalue weighted by Crippen LogP contribution is 2.32. The van der Waals surface area contributed by atoms with Gasteiger partial charge in [0, 0.05) is 11.3 Å². The van der Waals surface area contributed by atoms with Gasteiger partial charge in [-0.05, 0) is 62.7 Å². The van der Waals surface area contributed by atoms with Crippen molar-refractivity contribution < 1.29 is 19.0 Å². The molecule has 5 nitrogen and oxygen atoms in total. The lowest BCUT2D eigenvalue weighted by molar-refractivity contribution is 0.154. The largest absolute Gasteiger partial charge is 0.494 e. The van der Waals surface area contributed by atoms with E-state index in [0.29, 0.717) is 12.3 Å². The Hall–Kier alpha value is -2.95. The van der Waals surface area contributed by atoms with Gasteiger partial charge in [0.25, 0.3) is 0 Å². The summed E-state index contributed by atoms with van der Waals surface area (Å²) in [4.78, 5) is 12.0. The highest BCUT2D eigenvalue weighted by molar-refractivity contribution is 5.85. The van der Waals surface area contributed by atoms with Crippen LogP contribution in [0.2, 0.25) is 0 Å². The van der Waals surface area contributed by atoms with Gasteiger partial charge in [0.1, 0.15) is 23.7 Å². The van der Waals surface area contributed by atoms with E-state index >= 15 is 0 Å². The monoisotopic (exact) mass is 353 g/mol. The third-order valence-corrected chi connectivity index (χ3v) is 3.90. The number of nitrogens with one attached hydrogen (secondary N) is 1. The molecule has 0 unspecified atom stereocenters. The Balaban J connectivity index is 1.55. The SMILES string of the molecule is CCOc1ccc(COC(=O)Nc2ccc3c(c2)C=CC(C)(C)O3)cc1. The molecule has 3 rings (SSSR count). The zero-order chi connectivity index (χ0) is 18.6. The molecule has 1 aliphatic rings. The molecule has 1 amide bonds. The first-order chi connectivity index (χ1) is 12.4. The number of fused-ring (bicyclic) bond motifs is 1. The summed E-state index contributed by atoms with van der Waals surface area (Å²) < 4.78 is 16.5. The number of benzene rings is 2. The standard InChI is InChI=1S/C21H23NO4/c1-4-24-18-8-5-15(6-9-18)14-25-20(23)22-17-7-10-19-16(13-17)11-12-21(2,3)26-19/h5-13H,4,14H2,1-3H3,(H,22,23). The van der Waals surface area contributed by atoms with Crippen LogP contribution in [0, 0.1) is 0 Å². The lowest BCUT2D eigenvalue weighted by Gasteiger charge is -2.28. The number of rotatable bonds is 5. The molecular formula is C21H23NO4. The Morgan fingerprint density at radius 2 is 1.92 bits per heavy atom. The van der Waals surface area contributed by atoms with Crippen molar-refractivity contribution in [2.75, 3.05) is 11.9 Å². The highest BCUT2D eigenvalue weighted by atomic mass is 16.5. The molecule has 1 aliphatic heterocycles. The van der Waals surface area contributed by atoms with Crippen LogP contribution < -0.4 is 14.8 Å². The molecular weight excluding hydrogens is 330 g/mol. The van der Waals surface area contributed by atoms with Gasteiger partial charge in [0.05, 0.1) is 6.61 Å². The minimum atomic E-state index is -0.500. The highest BCUT2D eigenvalue weighted by Gasteiger charge is 2.21. The van der Waals surface area contributed by atoms with Crippen molar-refractivity contribution in [3.8, 4) is 11.5 Å². The molecule has 0 atom stereocenters. The van der Waals surface area contributed by atoms with E-state index in [9.17, 15) is 4.79 Å². The van der Waals surface area contributed by atoms with Crippen molar-refractivity contribution in [1.29, 1.82) is 0 Å². The second-order valence-electron chi connectivity index (χ2n) is 6.57. The van der Waals surface area contributed by atoms with E-state index in [-0.39, 0.29) is 12.2 Å². The minimum Gasteiger partial charge on any atom is -0.494 e. The zero-order valence-corrected chi connectivity index (χ0v) is 15.2. The van der Waals surface area contributed by atoms with Crippen molar-refractivity contribution in [2.24, 2.45) is 0 Å². The topological polar surface area (TPSA) is 56.8 Å². The van der Waals surface area contributed by atoms with Crippen molar-refractivity contribution in [1.82, 2.24) is 0 Å². The van der Waals surface area contributed by atoms with Crippen molar-refractivity contribution in [3.63, 3.8) is 0 Å². The van der Waals surface area contributed by atoms with E-state index in [0.717, 1.165) is 22.6 Å². The Morgan fingerprint density at radius 1 is 1.15 bits per heavy atom. The van der Waals surface area contributed by atoms with Crippen molar-refractivity contribution >= 4 is 17.9 Å². The molecule has 0 saturated carbocycles. The van der Waals surface area contributed by atoms with Gasteiger partial charge in [0.2, 0.25) is 0 Å². The fourth-order valence-electron chi connectivity index (χ4n) is 2.61. The van der Waals surface area contributed by atoms with E-state index in [1.165, 1.54) is 0 Å². The molecule has 5 heteroatoms. The molecule has 0 aromatic heterocycles. The van der Waals surface area contributed by atoms with E-state index in [4.69, 9.17) is 14.2 Å². The number of carbonyl (C=O) groups excluding carboxylic acids is 1. The quantitative estimate of drug-likeness (QED) is 0.820. The number of hydrogen-bond donors (Lipinski definition) is 1. The first-order valence-electron chi connectivity index (χ1n) is 8.63. The summed E-state index contributed by atoms with van der Waals surface area (Å²) >= 11 is 0. The minimum absolute atomic E-state index is 0.195. The lowest BCUT2D eigenvalue weighted by atomic mass is 10.0. The second kappa shape index (κ2) is 7.52. The van der Waals surface area contributed by atoms with E-state index in [1.54, 1.807) is 6.07 Å². The number of anilines is 1. The summed E-state index contributed by atoms with van der Waals surface area (Å²) in [7, 11) is 0. The fourth-order valence-corrected chi connectivity index (χ4v) is 2.61.